The molecule has 4 N–H and O–H groups in total. The number of hydrogen-bond acceptors (Lipinski definition) is 6. The maximum Gasteiger partial charge on any atom is 0.407 e. The summed E-state index contributed by atoms with van der Waals surface area (Å²) in [6, 6.07) is 0. The lowest BCUT2D eigenvalue weighted by atomic mass is 9.81. The number of rotatable bonds is 4. The van der Waals surface area contributed by atoms with Crippen LogP contribution in [0, 0.1) is 0 Å². The van der Waals surface area contributed by atoms with Gasteiger partial charge in [0.15, 0.2) is 5.82 Å². The molecule has 2 rings (SSSR count). The number of carbonyl (C=O) groups excluding carboxylic acids is 1. The second-order valence-electron chi connectivity index (χ2n) is 7.26. The third kappa shape index (κ3) is 5.40. The number of carbonyl (C=O) groups is 1. The smallest absolute Gasteiger partial charge is 0.407 e. The molecule has 1 aliphatic carbocycles. The molecule has 0 radical (unpaired) electrons. The Kier molecular flexibility index (Phi) is 5.74. The highest BCUT2D eigenvalue weighted by Crippen LogP contribution is 2.32. The van der Waals surface area contributed by atoms with Gasteiger partial charge in [0.25, 0.3) is 0 Å². The molecule has 0 unspecified atom stereocenters. The zero-order valence-corrected chi connectivity index (χ0v) is 15.2. The number of anilines is 2. The lowest BCUT2D eigenvalue weighted by molar-refractivity contribution is 0.0512. The average Bonchev–Trinajstić information content (AvgIpc) is 2.48. The number of alkyl carbamates (subject to hydrolysis) is 1. The first-order valence-electron chi connectivity index (χ1n) is 8.22. The third-order valence-electron chi connectivity index (χ3n) is 3.95. The van der Waals surface area contributed by atoms with Gasteiger partial charge in [-0.15, -0.1) is 0 Å². The zero-order valence-electron chi connectivity index (χ0n) is 14.5. The Morgan fingerprint density at radius 1 is 1.38 bits per heavy atom. The van der Waals surface area contributed by atoms with E-state index >= 15 is 0 Å². The van der Waals surface area contributed by atoms with Crippen LogP contribution in [0.4, 0.5) is 16.3 Å². The molecular weight excluding hydrogens is 330 g/mol. The topological polar surface area (TPSA) is 102 Å². The molecule has 1 aromatic heterocycles. The number of amides is 1. The third-order valence-corrected chi connectivity index (χ3v) is 4.13. The fourth-order valence-corrected chi connectivity index (χ4v) is 2.98. The summed E-state index contributed by atoms with van der Waals surface area (Å²) in [6.45, 7) is 5.95. The van der Waals surface area contributed by atoms with Crippen molar-refractivity contribution in [2.75, 3.05) is 17.6 Å². The van der Waals surface area contributed by atoms with Gasteiger partial charge in [-0.2, -0.15) is 4.98 Å². The van der Waals surface area contributed by atoms with E-state index in [2.05, 4.69) is 20.6 Å². The Labute approximate surface area is 147 Å². The van der Waals surface area contributed by atoms with E-state index in [0.29, 0.717) is 18.1 Å². The molecule has 1 aliphatic rings. The normalized spacial score (nSPS) is 17.2. The van der Waals surface area contributed by atoms with Crippen molar-refractivity contribution in [2.45, 2.75) is 64.0 Å². The first-order chi connectivity index (χ1) is 11.2. The van der Waals surface area contributed by atoms with Gasteiger partial charge < -0.3 is 21.1 Å². The molecule has 134 valence electrons. The highest BCUT2D eigenvalue weighted by Gasteiger charge is 2.34. The van der Waals surface area contributed by atoms with Gasteiger partial charge in [-0.1, -0.05) is 19.3 Å². The number of ether oxygens (including phenoxy) is 1. The zero-order chi connectivity index (χ0) is 17.8. The lowest BCUT2D eigenvalue weighted by Gasteiger charge is -2.39. The van der Waals surface area contributed by atoms with Gasteiger partial charge in [0.05, 0.1) is 17.4 Å². The monoisotopic (exact) mass is 355 g/mol. The number of nitrogens with two attached hydrogens (primary N) is 1. The molecule has 1 fully saturated rings. The quantitative estimate of drug-likeness (QED) is 0.716. The van der Waals surface area contributed by atoms with E-state index in [1.807, 2.05) is 20.8 Å². The molecule has 0 aromatic carbocycles. The molecule has 0 spiro atoms. The summed E-state index contributed by atoms with van der Waals surface area (Å²) in [6.07, 6.45) is 6.19. The summed E-state index contributed by atoms with van der Waals surface area (Å²) >= 11 is 5.87. The van der Waals surface area contributed by atoms with Crippen LogP contribution in [0.2, 0.25) is 5.28 Å². The van der Waals surface area contributed by atoms with Gasteiger partial charge in [0, 0.05) is 6.54 Å². The molecule has 1 aromatic rings. The second kappa shape index (κ2) is 7.42. The van der Waals surface area contributed by atoms with E-state index in [1.54, 1.807) is 0 Å². The van der Waals surface area contributed by atoms with Crippen molar-refractivity contribution in [3.8, 4) is 0 Å². The van der Waals surface area contributed by atoms with Crippen LogP contribution in [0.15, 0.2) is 6.20 Å². The fourth-order valence-electron chi connectivity index (χ4n) is 2.85. The first kappa shape index (κ1) is 18.6. The van der Waals surface area contributed by atoms with Crippen molar-refractivity contribution >= 4 is 29.2 Å². The van der Waals surface area contributed by atoms with Crippen molar-refractivity contribution in [3.63, 3.8) is 0 Å². The highest BCUT2D eigenvalue weighted by atomic mass is 35.5. The Hall–Kier alpha value is -1.76. The first-order valence-corrected chi connectivity index (χ1v) is 8.60. The SMILES string of the molecule is CC(C)(C)OC(=O)NCC1(Nc2nc(Cl)ncc2N)CCCCC1. The largest absolute Gasteiger partial charge is 0.444 e. The van der Waals surface area contributed by atoms with Crippen molar-refractivity contribution in [1.82, 2.24) is 15.3 Å². The molecule has 7 nitrogen and oxygen atoms in total. The molecule has 1 amide bonds. The Balaban J connectivity index is 2.09. The minimum Gasteiger partial charge on any atom is -0.444 e. The molecule has 24 heavy (non-hydrogen) atoms. The van der Waals surface area contributed by atoms with Gasteiger partial charge in [0.1, 0.15) is 5.60 Å². The maximum atomic E-state index is 12.0. The number of aromatic nitrogens is 2. The van der Waals surface area contributed by atoms with Crippen LogP contribution < -0.4 is 16.4 Å². The molecule has 8 heteroatoms. The Morgan fingerprint density at radius 3 is 2.67 bits per heavy atom. The predicted octanol–water partition coefficient (Wildman–Crippen LogP) is 3.35. The van der Waals surface area contributed by atoms with E-state index in [9.17, 15) is 4.79 Å². The van der Waals surface area contributed by atoms with Crippen LogP contribution in [0.5, 0.6) is 0 Å². The molecule has 0 aliphatic heterocycles. The molecule has 1 saturated carbocycles. The van der Waals surface area contributed by atoms with Gasteiger partial charge in [0.2, 0.25) is 5.28 Å². The highest BCUT2D eigenvalue weighted by molar-refractivity contribution is 6.28. The van der Waals surface area contributed by atoms with Gasteiger partial charge in [-0.3, -0.25) is 0 Å². The number of nitrogen functional groups attached to an aromatic ring is 1. The lowest BCUT2D eigenvalue weighted by Crippen LogP contribution is -2.51. The van der Waals surface area contributed by atoms with Crippen LogP contribution in [0.3, 0.4) is 0 Å². The summed E-state index contributed by atoms with van der Waals surface area (Å²) in [7, 11) is 0. The van der Waals surface area contributed by atoms with Crippen LogP contribution in [0.1, 0.15) is 52.9 Å². The minimum absolute atomic E-state index is 0.137. The van der Waals surface area contributed by atoms with E-state index in [4.69, 9.17) is 22.1 Å². The van der Waals surface area contributed by atoms with Crippen molar-refractivity contribution in [2.24, 2.45) is 0 Å². The summed E-state index contributed by atoms with van der Waals surface area (Å²) in [5, 5.41) is 6.39. The number of halogens is 1. The average molecular weight is 356 g/mol. The molecule has 0 bridgehead atoms. The van der Waals surface area contributed by atoms with Crippen molar-refractivity contribution in [1.29, 1.82) is 0 Å². The number of nitrogens with zero attached hydrogens (tertiary/aromatic N) is 2. The van der Waals surface area contributed by atoms with E-state index in [1.165, 1.54) is 12.6 Å². The number of nitrogens with one attached hydrogen (secondary N) is 2. The van der Waals surface area contributed by atoms with Crippen molar-refractivity contribution in [3.05, 3.63) is 11.5 Å². The van der Waals surface area contributed by atoms with Crippen LogP contribution in [-0.4, -0.2) is 33.7 Å². The van der Waals surface area contributed by atoms with Crippen molar-refractivity contribution < 1.29 is 9.53 Å². The Bertz CT molecular complexity index is 582. The molecule has 0 atom stereocenters. The van der Waals surface area contributed by atoms with E-state index < -0.39 is 11.7 Å². The van der Waals surface area contributed by atoms with Crippen LogP contribution in [-0.2, 0) is 4.74 Å². The van der Waals surface area contributed by atoms with E-state index in [0.717, 1.165) is 25.7 Å². The van der Waals surface area contributed by atoms with Crippen LogP contribution in [0.25, 0.3) is 0 Å². The Morgan fingerprint density at radius 2 is 2.04 bits per heavy atom. The standard InChI is InChI=1S/C16H26ClN5O2/c1-15(2,3)24-14(23)20-10-16(7-5-4-6-8-16)22-12-11(18)9-19-13(17)21-12/h9H,4-8,10,18H2,1-3H3,(H,20,23)(H,19,21,22). The summed E-state index contributed by atoms with van der Waals surface area (Å²) in [4.78, 5) is 20.0. The number of hydrogen-bond donors (Lipinski definition) is 3. The van der Waals surface area contributed by atoms with Gasteiger partial charge >= 0.3 is 6.09 Å². The summed E-state index contributed by atoms with van der Waals surface area (Å²) in [5.41, 5.74) is 5.53. The fraction of sp³-hybridized carbons (Fsp3) is 0.688. The van der Waals surface area contributed by atoms with E-state index in [-0.39, 0.29) is 10.8 Å². The summed E-state index contributed by atoms with van der Waals surface area (Å²) < 4.78 is 5.32. The van der Waals surface area contributed by atoms with Gasteiger partial charge in [-0.25, -0.2) is 9.78 Å². The minimum atomic E-state index is -0.526. The molecule has 0 saturated heterocycles. The molecular formula is C16H26ClN5O2. The maximum absolute atomic E-state index is 12.0. The molecule has 1 heterocycles. The summed E-state index contributed by atoms with van der Waals surface area (Å²) in [5.74, 6) is 0.503. The van der Waals surface area contributed by atoms with Crippen LogP contribution >= 0.6 is 11.6 Å². The van der Waals surface area contributed by atoms with Gasteiger partial charge in [-0.05, 0) is 45.2 Å². The second-order valence-corrected chi connectivity index (χ2v) is 7.60. The predicted molar refractivity (Wildman–Crippen MR) is 95.1 cm³/mol.